The second kappa shape index (κ2) is 71.5. The minimum Gasteiger partial charge on any atom is -0.462 e. The summed E-state index contributed by atoms with van der Waals surface area (Å²) in [5, 5.41) is 10.6. The van der Waals surface area contributed by atoms with Crippen LogP contribution in [0.4, 0.5) is 0 Å². The first-order chi connectivity index (χ1) is 47.5. The van der Waals surface area contributed by atoms with Gasteiger partial charge in [0.15, 0.2) is 12.2 Å². The molecule has 0 aromatic rings. The molecule has 98 heavy (non-hydrogen) atoms. The number of aliphatic hydroxyl groups is 1. The van der Waals surface area contributed by atoms with Crippen molar-refractivity contribution >= 4 is 39.5 Å². The molecule has 0 aromatic carbocycles. The van der Waals surface area contributed by atoms with Gasteiger partial charge in [-0.1, -0.05) is 341 Å². The third kappa shape index (κ3) is 71.9. The van der Waals surface area contributed by atoms with Gasteiger partial charge in [-0.05, 0) is 57.3 Å². The number of phosphoric acid groups is 2. The van der Waals surface area contributed by atoms with Crippen molar-refractivity contribution in [3.8, 4) is 0 Å². The number of allylic oxidation sites excluding steroid dienone is 4. The Kier molecular flexibility index (Phi) is 69.7. The van der Waals surface area contributed by atoms with Crippen molar-refractivity contribution < 1.29 is 80.2 Å². The molecule has 0 aromatic heterocycles. The lowest BCUT2D eigenvalue weighted by molar-refractivity contribution is -0.161. The smallest absolute Gasteiger partial charge is 0.462 e. The molecule has 0 aliphatic rings. The molecule has 0 bridgehead atoms. The Bertz CT molecular complexity index is 1970. The quantitative estimate of drug-likeness (QED) is 0.0169. The molecule has 0 rings (SSSR count). The van der Waals surface area contributed by atoms with Gasteiger partial charge in [-0.25, -0.2) is 9.13 Å². The predicted molar refractivity (Wildman–Crippen MR) is 400 cm³/mol. The molecule has 0 amide bonds. The lowest BCUT2D eigenvalue weighted by atomic mass is 10.0. The maximum absolute atomic E-state index is 13.1. The highest BCUT2D eigenvalue weighted by Gasteiger charge is 2.30. The number of aliphatic hydroxyl groups excluding tert-OH is 1. The van der Waals surface area contributed by atoms with E-state index in [2.05, 4.69) is 58.9 Å². The van der Waals surface area contributed by atoms with E-state index in [1.165, 1.54) is 199 Å². The van der Waals surface area contributed by atoms with Crippen LogP contribution in [0.2, 0.25) is 0 Å². The number of carbonyl (C=O) groups is 4. The Hall–Kier alpha value is -2.46. The van der Waals surface area contributed by atoms with Crippen molar-refractivity contribution in [3.63, 3.8) is 0 Å². The summed E-state index contributed by atoms with van der Waals surface area (Å²) in [6.45, 7) is 7.27. The summed E-state index contributed by atoms with van der Waals surface area (Å²) in [5.41, 5.74) is 0. The van der Waals surface area contributed by atoms with Gasteiger partial charge in [0, 0.05) is 25.7 Å². The average Bonchev–Trinajstić information content (AvgIpc) is 1.10. The highest BCUT2D eigenvalue weighted by molar-refractivity contribution is 7.47. The van der Waals surface area contributed by atoms with Crippen LogP contribution in [-0.2, 0) is 65.4 Å². The van der Waals surface area contributed by atoms with Gasteiger partial charge in [0.05, 0.1) is 26.4 Å². The summed E-state index contributed by atoms with van der Waals surface area (Å²) >= 11 is 0. The van der Waals surface area contributed by atoms with Crippen molar-refractivity contribution in [1.29, 1.82) is 0 Å². The van der Waals surface area contributed by atoms with Crippen LogP contribution in [0, 0.1) is 5.92 Å². The topological polar surface area (TPSA) is 237 Å². The number of esters is 4. The van der Waals surface area contributed by atoms with Crippen LogP contribution in [0.3, 0.4) is 0 Å². The van der Waals surface area contributed by atoms with E-state index < -0.39 is 97.5 Å². The zero-order valence-corrected chi connectivity index (χ0v) is 65.2. The van der Waals surface area contributed by atoms with Gasteiger partial charge in [-0.3, -0.25) is 37.3 Å². The van der Waals surface area contributed by atoms with E-state index in [-0.39, 0.29) is 25.7 Å². The molecular formula is C79H150O17P2. The van der Waals surface area contributed by atoms with Crippen molar-refractivity contribution in [1.82, 2.24) is 0 Å². The van der Waals surface area contributed by atoms with E-state index in [0.717, 1.165) is 115 Å². The van der Waals surface area contributed by atoms with E-state index in [9.17, 15) is 43.2 Å². The summed E-state index contributed by atoms with van der Waals surface area (Å²) < 4.78 is 68.6. The number of rotatable bonds is 77. The number of unbranched alkanes of at least 4 members (excludes halogenated alkanes) is 46. The molecule has 3 N–H and O–H groups in total. The van der Waals surface area contributed by atoms with Crippen LogP contribution >= 0.6 is 15.6 Å². The Morgan fingerprint density at radius 3 is 0.837 bits per heavy atom. The molecule has 0 saturated heterocycles. The molecule has 0 aliphatic carbocycles. The molecule has 0 aliphatic heterocycles. The van der Waals surface area contributed by atoms with E-state index in [1.807, 2.05) is 0 Å². The number of hydrogen-bond donors (Lipinski definition) is 3. The predicted octanol–water partition coefficient (Wildman–Crippen LogP) is 23.2. The molecule has 0 heterocycles. The summed E-state index contributed by atoms with van der Waals surface area (Å²) in [4.78, 5) is 72.9. The second-order valence-corrected chi connectivity index (χ2v) is 31.2. The molecule has 0 spiro atoms. The fourth-order valence-corrected chi connectivity index (χ4v) is 13.3. The largest absolute Gasteiger partial charge is 0.472 e. The summed E-state index contributed by atoms with van der Waals surface area (Å²) in [6.07, 6.45) is 64.4. The molecule has 17 nitrogen and oxygen atoms in total. The number of carbonyl (C=O) groups excluding carboxylic acids is 4. The molecule has 19 heteroatoms. The zero-order chi connectivity index (χ0) is 71.9. The average molecular weight is 1430 g/mol. The molecule has 0 radical (unpaired) electrons. The number of hydrogen-bond acceptors (Lipinski definition) is 15. The third-order valence-electron chi connectivity index (χ3n) is 17.9. The Morgan fingerprint density at radius 1 is 0.316 bits per heavy atom. The van der Waals surface area contributed by atoms with Crippen LogP contribution in [0.1, 0.15) is 394 Å². The maximum atomic E-state index is 13.1. The van der Waals surface area contributed by atoms with Gasteiger partial charge in [-0.2, -0.15) is 0 Å². The Balaban J connectivity index is 5.29. The zero-order valence-electron chi connectivity index (χ0n) is 63.4. The number of ether oxygens (including phenoxy) is 4. The van der Waals surface area contributed by atoms with Gasteiger partial charge in [0.2, 0.25) is 0 Å². The molecule has 0 fully saturated rings. The van der Waals surface area contributed by atoms with Gasteiger partial charge in [0.25, 0.3) is 0 Å². The highest BCUT2D eigenvalue weighted by atomic mass is 31.2. The van der Waals surface area contributed by atoms with Crippen LogP contribution < -0.4 is 0 Å². The van der Waals surface area contributed by atoms with Gasteiger partial charge >= 0.3 is 39.5 Å². The Labute approximate surface area is 599 Å². The highest BCUT2D eigenvalue weighted by Crippen LogP contribution is 2.45. The normalized spacial score (nSPS) is 14.1. The molecule has 578 valence electrons. The van der Waals surface area contributed by atoms with Crippen molar-refractivity contribution in [2.24, 2.45) is 5.92 Å². The minimum atomic E-state index is -4.97. The fourth-order valence-electron chi connectivity index (χ4n) is 11.7. The van der Waals surface area contributed by atoms with E-state index >= 15 is 0 Å². The van der Waals surface area contributed by atoms with Crippen molar-refractivity contribution in [2.45, 2.75) is 412 Å². The van der Waals surface area contributed by atoms with E-state index in [0.29, 0.717) is 25.7 Å². The van der Waals surface area contributed by atoms with E-state index in [4.69, 9.17) is 37.0 Å². The lowest BCUT2D eigenvalue weighted by Crippen LogP contribution is -2.30. The minimum absolute atomic E-state index is 0.101. The lowest BCUT2D eigenvalue weighted by Gasteiger charge is -2.21. The first-order valence-corrected chi connectivity index (χ1v) is 43.4. The number of phosphoric ester groups is 2. The molecule has 0 saturated carbocycles. The molecular weight excluding hydrogens is 1280 g/mol. The second-order valence-electron chi connectivity index (χ2n) is 28.2. The first-order valence-electron chi connectivity index (χ1n) is 40.5. The Morgan fingerprint density at radius 2 is 0.551 bits per heavy atom. The molecule has 5 atom stereocenters. The van der Waals surface area contributed by atoms with Crippen LogP contribution in [0.5, 0.6) is 0 Å². The summed E-state index contributed by atoms with van der Waals surface area (Å²) in [7, 11) is -9.93. The van der Waals surface area contributed by atoms with Crippen LogP contribution in [0.25, 0.3) is 0 Å². The fraction of sp³-hybridized carbons (Fsp3) is 0.899. The third-order valence-corrected chi connectivity index (χ3v) is 19.8. The standard InChI is InChI=1S/C79H150O17P2/c1-6-9-12-15-18-21-24-26-28-33-38-43-48-53-58-63-77(82)90-69-75(96-79(84)65-60-55-50-45-40-35-31-30-32-37-41-46-51-56-61-72(4)5)71-94-98(87,88)92-67-73(80)66-91-97(85,86)93-70-74(68-89-76(81)62-57-52-47-42-36-23-20-17-14-11-8-3)95-78(83)64-59-54-49-44-39-34-29-27-25-22-19-16-13-10-7-2/h21,24,26,28,72-75,80H,6-20,22-23,25,27,29-71H2,1-5H3,(H,85,86)(H,87,88)/b24-21-,28-26-/t73-,74+,75+/m0/s1. The van der Waals surface area contributed by atoms with Crippen molar-refractivity contribution in [3.05, 3.63) is 24.3 Å². The van der Waals surface area contributed by atoms with Gasteiger partial charge in [0.1, 0.15) is 19.3 Å². The monoisotopic (exact) mass is 1430 g/mol. The summed E-state index contributed by atoms with van der Waals surface area (Å²) in [5.74, 6) is -1.34. The van der Waals surface area contributed by atoms with Gasteiger partial charge in [-0.15, -0.1) is 0 Å². The van der Waals surface area contributed by atoms with Gasteiger partial charge < -0.3 is 33.8 Å². The maximum Gasteiger partial charge on any atom is 0.472 e. The van der Waals surface area contributed by atoms with Crippen LogP contribution in [0.15, 0.2) is 24.3 Å². The molecule has 2 unspecified atom stereocenters. The first kappa shape index (κ1) is 95.5. The van der Waals surface area contributed by atoms with Crippen molar-refractivity contribution in [2.75, 3.05) is 39.6 Å². The summed E-state index contributed by atoms with van der Waals surface area (Å²) in [6, 6.07) is 0. The van der Waals surface area contributed by atoms with Crippen LogP contribution in [-0.4, -0.2) is 96.7 Å². The van der Waals surface area contributed by atoms with E-state index in [1.54, 1.807) is 0 Å². The SMILES string of the molecule is CCCCCC/C=C\C=C/CCCCCCCC(=O)OC[C@H](COP(=O)(O)OC[C@@H](O)COP(=O)(O)OC[C@@H](COC(=O)CCCCCCCCCCCCC)OC(=O)CCCCCCCCCCCCCCCCC)OC(=O)CCCCCCCCCCCCCCCCC(C)C.